The van der Waals surface area contributed by atoms with Gasteiger partial charge in [-0.3, -0.25) is 4.79 Å². The van der Waals surface area contributed by atoms with E-state index in [0.29, 0.717) is 61.8 Å². The third-order valence-corrected chi connectivity index (χ3v) is 3.81. The van der Waals surface area contributed by atoms with E-state index in [9.17, 15) is 4.79 Å². The Kier molecular flexibility index (Phi) is 6.73. The van der Waals surface area contributed by atoms with Crippen molar-refractivity contribution < 1.29 is 19.0 Å². The predicted octanol–water partition coefficient (Wildman–Crippen LogP) is 2.32. The summed E-state index contributed by atoms with van der Waals surface area (Å²) in [5.41, 5.74) is 0.569. The summed E-state index contributed by atoms with van der Waals surface area (Å²) in [5.74, 6) is 1.66. The van der Waals surface area contributed by atoms with E-state index in [-0.39, 0.29) is 5.91 Å². The molecular weight excluding hydrogens is 308 g/mol. The van der Waals surface area contributed by atoms with Crippen LogP contribution in [0.5, 0.6) is 17.2 Å². The molecule has 24 heavy (non-hydrogen) atoms. The number of nitrogens with zero attached hydrogens (tertiary/aromatic N) is 1. The lowest BCUT2D eigenvalue weighted by molar-refractivity contribution is 0.0708. The minimum Gasteiger partial charge on any atom is -0.490 e. The molecule has 1 aliphatic rings. The quantitative estimate of drug-likeness (QED) is 0.828. The monoisotopic (exact) mass is 336 g/mol. The van der Waals surface area contributed by atoms with E-state index in [1.54, 1.807) is 12.1 Å². The molecule has 0 aromatic heterocycles. The number of rotatable bonds is 7. The maximum absolute atomic E-state index is 12.9. The summed E-state index contributed by atoms with van der Waals surface area (Å²) in [6.07, 6.45) is 0. The van der Waals surface area contributed by atoms with Crippen LogP contribution in [0.25, 0.3) is 0 Å². The summed E-state index contributed by atoms with van der Waals surface area (Å²) in [5, 5.41) is 3.34. The molecule has 2 rings (SSSR count). The van der Waals surface area contributed by atoms with Gasteiger partial charge in [0.05, 0.1) is 19.8 Å². The van der Waals surface area contributed by atoms with Gasteiger partial charge in [-0.05, 0) is 39.8 Å². The summed E-state index contributed by atoms with van der Waals surface area (Å²) in [6, 6.07) is 3.81. The molecule has 0 aliphatic carbocycles. The molecule has 0 saturated carbocycles. The van der Waals surface area contributed by atoms with Crippen LogP contribution in [0.4, 0.5) is 0 Å². The normalized spacial score (nSPS) is 17.5. The summed E-state index contributed by atoms with van der Waals surface area (Å²) < 4.78 is 17.1. The number of ether oxygens (including phenoxy) is 3. The highest BCUT2D eigenvalue weighted by Crippen LogP contribution is 2.39. The molecule has 1 aromatic rings. The second-order valence-corrected chi connectivity index (χ2v) is 5.71. The molecule has 134 valence electrons. The van der Waals surface area contributed by atoms with Crippen LogP contribution in [-0.4, -0.2) is 56.3 Å². The maximum atomic E-state index is 12.9. The fourth-order valence-corrected chi connectivity index (χ4v) is 2.81. The zero-order valence-electron chi connectivity index (χ0n) is 15.1. The lowest BCUT2D eigenvalue weighted by Gasteiger charge is -2.32. The first-order valence-corrected chi connectivity index (χ1v) is 8.69. The van der Waals surface area contributed by atoms with Crippen LogP contribution < -0.4 is 19.5 Å². The Bertz CT molecular complexity index is 535. The summed E-state index contributed by atoms with van der Waals surface area (Å²) >= 11 is 0. The van der Waals surface area contributed by atoms with E-state index in [2.05, 4.69) is 12.2 Å². The first kappa shape index (κ1) is 18.4. The molecule has 6 nitrogen and oxygen atoms in total. The van der Waals surface area contributed by atoms with E-state index in [1.807, 2.05) is 25.7 Å². The zero-order chi connectivity index (χ0) is 17.5. The highest BCUT2D eigenvalue weighted by Gasteiger charge is 2.24. The van der Waals surface area contributed by atoms with Gasteiger partial charge in [0.1, 0.15) is 0 Å². The third-order valence-electron chi connectivity index (χ3n) is 3.81. The van der Waals surface area contributed by atoms with E-state index in [1.165, 1.54) is 0 Å². The molecule has 1 N–H and O–H groups in total. The first-order chi connectivity index (χ1) is 11.6. The Balaban J connectivity index is 2.36. The highest BCUT2D eigenvalue weighted by atomic mass is 16.5. The van der Waals surface area contributed by atoms with Crippen LogP contribution >= 0.6 is 0 Å². The molecule has 0 bridgehead atoms. The van der Waals surface area contributed by atoms with Gasteiger partial charge in [-0.1, -0.05) is 0 Å². The molecule has 1 aromatic carbocycles. The van der Waals surface area contributed by atoms with Crippen LogP contribution in [0.1, 0.15) is 38.1 Å². The Morgan fingerprint density at radius 2 is 1.71 bits per heavy atom. The average molecular weight is 336 g/mol. The fraction of sp³-hybridized carbons (Fsp3) is 0.611. The lowest BCUT2D eigenvalue weighted by atomic mass is 10.1. The van der Waals surface area contributed by atoms with Gasteiger partial charge in [-0.25, -0.2) is 0 Å². The number of amides is 1. The first-order valence-electron chi connectivity index (χ1n) is 8.69. The average Bonchev–Trinajstić information content (AvgIpc) is 2.57. The number of carbonyl (C=O) groups is 1. The molecule has 0 radical (unpaired) electrons. The Morgan fingerprint density at radius 1 is 1.12 bits per heavy atom. The Morgan fingerprint density at radius 3 is 2.21 bits per heavy atom. The maximum Gasteiger partial charge on any atom is 0.254 e. The molecule has 1 fully saturated rings. The summed E-state index contributed by atoms with van der Waals surface area (Å²) in [4.78, 5) is 14.7. The van der Waals surface area contributed by atoms with Gasteiger partial charge in [-0.15, -0.1) is 0 Å². The third kappa shape index (κ3) is 4.32. The molecular formula is C18H28N2O4. The summed E-state index contributed by atoms with van der Waals surface area (Å²) in [6.45, 7) is 11.5. The number of piperazine rings is 1. The number of benzene rings is 1. The van der Waals surface area contributed by atoms with E-state index in [0.717, 1.165) is 6.54 Å². The van der Waals surface area contributed by atoms with Crippen molar-refractivity contribution in [2.45, 2.75) is 33.7 Å². The minimum atomic E-state index is -0.00620. The van der Waals surface area contributed by atoms with Crippen molar-refractivity contribution in [2.24, 2.45) is 0 Å². The SMILES string of the molecule is CCOc1cc(C(=O)N2CCN[C@H](C)C2)cc(OCC)c1OCC. The van der Waals surface area contributed by atoms with Crippen LogP contribution in [0.2, 0.25) is 0 Å². The Hall–Kier alpha value is -1.95. The number of carbonyl (C=O) groups excluding carboxylic acids is 1. The molecule has 1 aliphatic heterocycles. The van der Waals surface area contributed by atoms with E-state index in [4.69, 9.17) is 14.2 Å². The van der Waals surface area contributed by atoms with Crippen molar-refractivity contribution >= 4 is 5.91 Å². The van der Waals surface area contributed by atoms with Crippen molar-refractivity contribution in [3.8, 4) is 17.2 Å². The zero-order valence-corrected chi connectivity index (χ0v) is 15.1. The van der Waals surface area contributed by atoms with Gasteiger partial charge >= 0.3 is 0 Å². The van der Waals surface area contributed by atoms with Crippen LogP contribution in [0.15, 0.2) is 12.1 Å². The van der Waals surface area contributed by atoms with Gasteiger partial charge < -0.3 is 24.4 Å². The van der Waals surface area contributed by atoms with Crippen molar-refractivity contribution in [1.82, 2.24) is 10.2 Å². The Labute approximate surface area is 144 Å². The summed E-state index contributed by atoms with van der Waals surface area (Å²) in [7, 11) is 0. The van der Waals surface area contributed by atoms with Gasteiger partial charge in [0.25, 0.3) is 5.91 Å². The van der Waals surface area contributed by atoms with Crippen LogP contribution in [0.3, 0.4) is 0 Å². The fourth-order valence-electron chi connectivity index (χ4n) is 2.81. The van der Waals surface area contributed by atoms with Crippen molar-refractivity contribution in [1.29, 1.82) is 0 Å². The standard InChI is InChI=1S/C18H28N2O4/c1-5-22-15-10-14(11-16(23-6-2)17(15)24-7-3)18(21)20-9-8-19-13(4)12-20/h10-11,13,19H,5-9,12H2,1-4H3/t13-/m1/s1. The van der Waals surface area contributed by atoms with Gasteiger partial charge in [-0.2, -0.15) is 0 Å². The molecule has 0 unspecified atom stereocenters. The smallest absolute Gasteiger partial charge is 0.254 e. The lowest BCUT2D eigenvalue weighted by Crippen LogP contribution is -2.51. The molecule has 1 heterocycles. The molecule has 6 heteroatoms. The van der Waals surface area contributed by atoms with Gasteiger partial charge in [0, 0.05) is 31.2 Å². The van der Waals surface area contributed by atoms with Gasteiger partial charge in [0.15, 0.2) is 11.5 Å². The van der Waals surface area contributed by atoms with Crippen molar-refractivity contribution in [3.05, 3.63) is 17.7 Å². The second kappa shape index (κ2) is 8.78. The molecule has 0 spiro atoms. The van der Waals surface area contributed by atoms with Crippen LogP contribution in [0, 0.1) is 0 Å². The molecule has 1 amide bonds. The topological polar surface area (TPSA) is 60.0 Å². The largest absolute Gasteiger partial charge is 0.490 e. The van der Waals surface area contributed by atoms with Crippen molar-refractivity contribution in [3.63, 3.8) is 0 Å². The van der Waals surface area contributed by atoms with E-state index >= 15 is 0 Å². The van der Waals surface area contributed by atoms with E-state index < -0.39 is 0 Å². The molecule has 1 atom stereocenters. The number of nitrogens with one attached hydrogen (secondary N) is 1. The van der Waals surface area contributed by atoms with Gasteiger partial charge in [0.2, 0.25) is 5.75 Å². The second-order valence-electron chi connectivity index (χ2n) is 5.71. The molecule has 1 saturated heterocycles. The van der Waals surface area contributed by atoms with Crippen molar-refractivity contribution in [2.75, 3.05) is 39.5 Å². The van der Waals surface area contributed by atoms with Crippen LogP contribution in [-0.2, 0) is 0 Å². The predicted molar refractivity (Wildman–Crippen MR) is 93.3 cm³/mol. The number of hydrogen-bond donors (Lipinski definition) is 1. The number of hydrogen-bond acceptors (Lipinski definition) is 5. The highest BCUT2D eigenvalue weighted by molar-refractivity contribution is 5.95. The minimum absolute atomic E-state index is 0.00620.